The summed E-state index contributed by atoms with van der Waals surface area (Å²) in [5, 5.41) is 10.1. The number of nitrogens with zero attached hydrogens (tertiary/aromatic N) is 1. The predicted molar refractivity (Wildman–Crippen MR) is 109 cm³/mol. The topological polar surface area (TPSA) is 59.0 Å². The number of rotatable bonds is 9. The van der Waals surface area contributed by atoms with Gasteiger partial charge in [0.05, 0.1) is 12.7 Å². The second-order valence-corrected chi connectivity index (χ2v) is 9.68. The molecule has 0 aromatic rings. The maximum atomic E-state index is 11.3. The van der Waals surface area contributed by atoms with E-state index in [4.69, 9.17) is 9.47 Å². The van der Waals surface area contributed by atoms with Crippen LogP contribution in [0.25, 0.3) is 0 Å². The Hall–Kier alpha value is -0.300. The number of hydrogen-bond acceptors (Lipinski definition) is 5. The zero-order valence-corrected chi connectivity index (χ0v) is 17.6. The number of carbonyl (C=O) groups is 1. The molecule has 156 valence electrons. The highest BCUT2D eigenvalue weighted by Gasteiger charge is 2.33. The molecule has 0 aromatic carbocycles. The molecule has 0 amide bonds. The first-order chi connectivity index (χ1) is 13.2. The number of hydrogen-bond donors (Lipinski definition) is 1. The van der Waals surface area contributed by atoms with Crippen LogP contribution in [0.5, 0.6) is 0 Å². The van der Waals surface area contributed by atoms with E-state index in [9.17, 15) is 9.90 Å². The van der Waals surface area contributed by atoms with E-state index in [0.717, 1.165) is 50.1 Å². The van der Waals surface area contributed by atoms with Crippen LogP contribution in [0, 0.1) is 5.92 Å². The first-order valence-electron chi connectivity index (χ1n) is 11.0. The summed E-state index contributed by atoms with van der Waals surface area (Å²) in [6.07, 6.45) is 10.2. The van der Waals surface area contributed by atoms with Gasteiger partial charge in [-0.05, 0) is 57.8 Å². The summed E-state index contributed by atoms with van der Waals surface area (Å²) in [4.78, 5) is 13.9. The van der Waals surface area contributed by atoms with Gasteiger partial charge >= 0.3 is 5.97 Å². The maximum Gasteiger partial charge on any atom is 0.332 e. The molecule has 1 aliphatic heterocycles. The van der Waals surface area contributed by atoms with Crippen LogP contribution >= 0.6 is 11.8 Å². The van der Waals surface area contributed by atoms with E-state index >= 15 is 0 Å². The van der Waals surface area contributed by atoms with Crippen LogP contribution in [-0.4, -0.2) is 71.5 Å². The number of ether oxygens (including phenoxy) is 2. The highest BCUT2D eigenvalue weighted by molar-refractivity contribution is 8.00. The van der Waals surface area contributed by atoms with Gasteiger partial charge in [0, 0.05) is 36.7 Å². The van der Waals surface area contributed by atoms with Gasteiger partial charge in [-0.3, -0.25) is 4.90 Å². The third-order valence-electron chi connectivity index (χ3n) is 6.56. The molecule has 0 aromatic heterocycles. The smallest absolute Gasteiger partial charge is 0.332 e. The Morgan fingerprint density at radius 1 is 1.19 bits per heavy atom. The van der Waals surface area contributed by atoms with Crippen LogP contribution < -0.4 is 0 Å². The SMILES string of the molecule is CCOC(CC1CCC(OCCN2CCSC3CCCCC32)CC1)C(=O)O. The van der Waals surface area contributed by atoms with Crippen molar-refractivity contribution in [2.45, 2.75) is 88.2 Å². The number of fused-ring (bicyclic) bond motifs is 1. The van der Waals surface area contributed by atoms with Gasteiger partial charge in [0.1, 0.15) is 0 Å². The van der Waals surface area contributed by atoms with Crippen molar-refractivity contribution >= 4 is 17.7 Å². The van der Waals surface area contributed by atoms with Crippen molar-refractivity contribution in [1.82, 2.24) is 4.90 Å². The van der Waals surface area contributed by atoms with E-state index in [1.807, 2.05) is 6.92 Å². The quantitative estimate of drug-likeness (QED) is 0.636. The summed E-state index contributed by atoms with van der Waals surface area (Å²) in [5.74, 6) is 0.909. The summed E-state index contributed by atoms with van der Waals surface area (Å²) >= 11 is 2.19. The summed E-state index contributed by atoms with van der Waals surface area (Å²) in [6.45, 7) is 5.46. The second-order valence-electron chi connectivity index (χ2n) is 8.33. The van der Waals surface area contributed by atoms with Crippen LogP contribution in [0.15, 0.2) is 0 Å². The van der Waals surface area contributed by atoms with E-state index in [1.54, 1.807) is 0 Å². The standard InChI is InChI=1S/C21H37NO4S/c1-2-25-19(21(23)24)15-16-7-9-17(10-8-16)26-13-11-22-12-14-27-20-6-4-3-5-18(20)22/h16-20H,2-15H2,1H3,(H,23,24). The van der Waals surface area contributed by atoms with Gasteiger partial charge in [-0.1, -0.05) is 12.8 Å². The summed E-state index contributed by atoms with van der Waals surface area (Å²) in [6, 6.07) is 0.781. The van der Waals surface area contributed by atoms with Crippen LogP contribution in [-0.2, 0) is 14.3 Å². The Kier molecular flexibility index (Phi) is 8.75. The van der Waals surface area contributed by atoms with Crippen molar-refractivity contribution in [1.29, 1.82) is 0 Å². The van der Waals surface area contributed by atoms with Gasteiger partial charge in [0.2, 0.25) is 0 Å². The molecule has 6 heteroatoms. The Morgan fingerprint density at radius 3 is 2.70 bits per heavy atom. The number of carboxylic acids is 1. The highest BCUT2D eigenvalue weighted by Crippen LogP contribution is 2.35. The molecule has 2 saturated carbocycles. The van der Waals surface area contributed by atoms with Crippen molar-refractivity contribution in [2.24, 2.45) is 5.92 Å². The Morgan fingerprint density at radius 2 is 1.96 bits per heavy atom. The molecule has 0 bridgehead atoms. The molecule has 3 aliphatic rings. The fourth-order valence-electron chi connectivity index (χ4n) is 5.07. The molecular formula is C21H37NO4S. The third kappa shape index (κ3) is 6.34. The fraction of sp³-hybridized carbons (Fsp3) is 0.952. The molecule has 3 atom stereocenters. The van der Waals surface area contributed by atoms with E-state index < -0.39 is 12.1 Å². The number of aliphatic carboxylic acids is 1. The van der Waals surface area contributed by atoms with Gasteiger partial charge in [-0.15, -0.1) is 0 Å². The monoisotopic (exact) mass is 399 g/mol. The van der Waals surface area contributed by atoms with E-state index in [2.05, 4.69) is 16.7 Å². The zero-order chi connectivity index (χ0) is 19.1. The first-order valence-corrected chi connectivity index (χ1v) is 12.0. The molecule has 1 heterocycles. The zero-order valence-electron chi connectivity index (χ0n) is 16.8. The number of thioether (sulfide) groups is 1. The molecule has 1 N–H and O–H groups in total. The van der Waals surface area contributed by atoms with Crippen LogP contribution in [0.3, 0.4) is 0 Å². The van der Waals surface area contributed by atoms with Crippen LogP contribution in [0.4, 0.5) is 0 Å². The molecule has 0 spiro atoms. The lowest BCUT2D eigenvalue weighted by Gasteiger charge is -2.43. The molecular weight excluding hydrogens is 362 g/mol. The maximum absolute atomic E-state index is 11.3. The molecule has 3 unspecified atom stereocenters. The molecule has 3 fully saturated rings. The molecule has 5 nitrogen and oxygen atoms in total. The lowest BCUT2D eigenvalue weighted by Crippen LogP contribution is -2.50. The summed E-state index contributed by atoms with van der Waals surface area (Å²) < 4.78 is 11.6. The Balaban J connectivity index is 1.33. The Labute approximate surface area is 168 Å². The minimum atomic E-state index is -0.823. The van der Waals surface area contributed by atoms with Crippen molar-refractivity contribution in [3.63, 3.8) is 0 Å². The fourth-order valence-corrected chi connectivity index (χ4v) is 6.58. The lowest BCUT2D eigenvalue weighted by molar-refractivity contribution is -0.151. The summed E-state index contributed by atoms with van der Waals surface area (Å²) in [5.41, 5.74) is 0. The molecule has 27 heavy (non-hydrogen) atoms. The van der Waals surface area contributed by atoms with Gasteiger partial charge in [-0.25, -0.2) is 4.79 Å². The Bertz CT molecular complexity index is 453. The average Bonchev–Trinajstić information content (AvgIpc) is 2.69. The van der Waals surface area contributed by atoms with Gasteiger partial charge in [0.15, 0.2) is 6.10 Å². The molecule has 0 radical (unpaired) electrons. The average molecular weight is 400 g/mol. The first kappa shape index (κ1) is 21.4. The largest absolute Gasteiger partial charge is 0.479 e. The predicted octanol–water partition coefficient (Wildman–Crippen LogP) is 3.80. The van der Waals surface area contributed by atoms with Crippen LogP contribution in [0.1, 0.15) is 64.7 Å². The normalized spacial score (nSPS) is 33.4. The van der Waals surface area contributed by atoms with Gasteiger partial charge in [0.25, 0.3) is 0 Å². The van der Waals surface area contributed by atoms with Gasteiger partial charge < -0.3 is 14.6 Å². The lowest BCUT2D eigenvalue weighted by atomic mass is 9.84. The van der Waals surface area contributed by atoms with Crippen LogP contribution in [0.2, 0.25) is 0 Å². The van der Waals surface area contributed by atoms with Crippen molar-refractivity contribution in [3.8, 4) is 0 Å². The molecule has 2 aliphatic carbocycles. The van der Waals surface area contributed by atoms with Crippen molar-refractivity contribution in [3.05, 3.63) is 0 Å². The van der Waals surface area contributed by atoms with Gasteiger partial charge in [-0.2, -0.15) is 11.8 Å². The van der Waals surface area contributed by atoms with E-state index in [-0.39, 0.29) is 0 Å². The van der Waals surface area contributed by atoms with E-state index in [0.29, 0.717) is 25.0 Å². The summed E-state index contributed by atoms with van der Waals surface area (Å²) in [7, 11) is 0. The number of carboxylic acid groups (broad SMARTS) is 1. The minimum absolute atomic E-state index is 0.359. The second kappa shape index (κ2) is 11.0. The van der Waals surface area contributed by atoms with E-state index in [1.165, 1.54) is 38.0 Å². The highest BCUT2D eigenvalue weighted by atomic mass is 32.2. The van der Waals surface area contributed by atoms with Crippen molar-refractivity contribution < 1.29 is 19.4 Å². The van der Waals surface area contributed by atoms with Crippen molar-refractivity contribution in [2.75, 3.05) is 32.1 Å². The minimum Gasteiger partial charge on any atom is -0.479 e. The molecule has 1 saturated heterocycles. The molecule has 3 rings (SSSR count). The third-order valence-corrected chi connectivity index (χ3v) is 7.96.